The quantitative estimate of drug-likeness (QED) is 0.923. The molecular formula is C12H17BrN2O. The second-order valence-corrected chi connectivity index (χ2v) is 5.08. The first-order chi connectivity index (χ1) is 7.84. The van der Waals surface area contributed by atoms with E-state index < -0.39 is 0 Å². The highest BCUT2D eigenvalue weighted by atomic mass is 79.9. The van der Waals surface area contributed by atoms with Crippen molar-refractivity contribution in [1.82, 2.24) is 10.3 Å². The Morgan fingerprint density at radius 2 is 2.44 bits per heavy atom. The predicted molar refractivity (Wildman–Crippen MR) is 67.6 cm³/mol. The average molecular weight is 285 g/mol. The first kappa shape index (κ1) is 11.9. The van der Waals surface area contributed by atoms with Crippen molar-refractivity contribution in [3.05, 3.63) is 22.8 Å². The van der Waals surface area contributed by atoms with Crippen LogP contribution in [0.2, 0.25) is 0 Å². The molecule has 0 unspecified atom stereocenters. The number of aromatic nitrogens is 1. The fourth-order valence-electron chi connectivity index (χ4n) is 1.95. The summed E-state index contributed by atoms with van der Waals surface area (Å²) in [5, 5.41) is 3.41. The van der Waals surface area contributed by atoms with Crippen LogP contribution in [0.4, 0.5) is 0 Å². The van der Waals surface area contributed by atoms with Gasteiger partial charge in [0.25, 0.3) is 0 Å². The van der Waals surface area contributed by atoms with Crippen molar-refractivity contribution in [2.45, 2.75) is 19.3 Å². The average Bonchev–Trinajstić information content (AvgIpc) is 2.33. The summed E-state index contributed by atoms with van der Waals surface area (Å²) >= 11 is 3.35. The molecule has 0 bridgehead atoms. The summed E-state index contributed by atoms with van der Waals surface area (Å²) in [4.78, 5) is 4.18. The Kier molecular flexibility index (Phi) is 4.60. The molecule has 1 aromatic heterocycles. The molecule has 16 heavy (non-hydrogen) atoms. The summed E-state index contributed by atoms with van der Waals surface area (Å²) in [6, 6.07) is 3.84. The molecule has 1 aliphatic rings. The first-order valence-corrected chi connectivity index (χ1v) is 6.59. The second kappa shape index (κ2) is 6.21. The molecule has 0 aromatic carbocycles. The lowest BCUT2D eigenvalue weighted by molar-refractivity contribution is 0.247. The molecule has 2 heterocycles. The number of rotatable bonds is 4. The van der Waals surface area contributed by atoms with Crippen molar-refractivity contribution in [3.8, 4) is 5.88 Å². The van der Waals surface area contributed by atoms with Crippen molar-refractivity contribution >= 4 is 15.9 Å². The molecule has 4 heteroatoms. The molecule has 0 saturated carbocycles. The van der Waals surface area contributed by atoms with Crippen LogP contribution in [-0.2, 0) is 0 Å². The molecule has 1 aromatic rings. The van der Waals surface area contributed by atoms with Crippen LogP contribution in [0.1, 0.15) is 19.3 Å². The van der Waals surface area contributed by atoms with Gasteiger partial charge < -0.3 is 10.1 Å². The zero-order chi connectivity index (χ0) is 11.2. The highest BCUT2D eigenvalue weighted by Gasteiger charge is 2.12. The monoisotopic (exact) mass is 284 g/mol. The molecule has 0 radical (unpaired) electrons. The van der Waals surface area contributed by atoms with Gasteiger partial charge in [0, 0.05) is 16.7 Å². The number of ether oxygens (including phenoxy) is 1. The van der Waals surface area contributed by atoms with Gasteiger partial charge in [0.2, 0.25) is 5.88 Å². The number of hydrogen-bond acceptors (Lipinski definition) is 3. The van der Waals surface area contributed by atoms with Gasteiger partial charge in [0.05, 0.1) is 6.61 Å². The lowest BCUT2D eigenvalue weighted by Gasteiger charge is -2.22. The van der Waals surface area contributed by atoms with Gasteiger partial charge in [-0.3, -0.25) is 0 Å². The number of halogens is 1. The van der Waals surface area contributed by atoms with Crippen LogP contribution >= 0.6 is 15.9 Å². The number of nitrogens with one attached hydrogen (secondary N) is 1. The Hall–Kier alpha value is -0.610. The third-order valence-electron chi connectivity index (χ3n) is 2.88. The van der Waals surface area contributed by atoms with E-state index in [0.717, 1.165) is 30.0 Å². The maximum Gasteiger partial charge on any atom is 0.213 e. The summed E-state index contributed by atoms with van der Waals surface area (Å²) < 4.78 is 6.59. The molecule has 1 N–H and O–H groups in total. The van der Waals surface area contributed by atoms with Gasteiger partial charge in [-0.05, 0) is 60.3 Å². The van der Waals surface area contributed by atoms with E-state index in [9.17, 15) is 0 Å². The maximum atomic E-state index is 5.60. The predicted octanol–water partition coefficient (Wildman–Crippen LogP) is 2.61. The van der Waals surface area contributed by atoms with E-state index in [1.807, 2.05) is 12.1 Å². The highest BCUT2D eigenvalue weighted by molar-refractivity contribution is 9.10. The van der Waals surface area contributed by atoms with Gasteiger partial charge in [-0.2, -0.15) is 0 Å². The van der Waals surface area contributed by atoms with Gasteiger partial charge in [-0.1, -0.05) is 0 Å². The Labute approximate surface area is 105 Å². The molecule has 3 nitrogen and oxygen atoms in total. The van der Waals surface area contributed by atoms with Gasteiger partial charge in [-0.15, -0.1) is 0 Å². The molecule has 0 aliphatic carbocycles. The smallest absolute Gasteiger partial charge is 0.213 e. The van der Waals surface area contributed by atoms with Crippen LogP contribution in [0.3, 0.4) is 0 Å². The standard InChI is InChI=1S/C12H17BrN2O/c13-11-3-4-12(15-9-11)16-7-5-10-2-1-6-14-8-10/h3-4,9-10,14H,1-2,5-8H2/t10-/m1/s1. The fourth-order valence-corrected chi connectivity index (χ4v) is 2.18. The van der Waals surface area contributed by atoms with Crippen molar-refractivity contribution in [2.24, 2.45) is 5.92 Å². The molecule has 1 aliphatic heterocycles. The molecule has 2 rings (SSSR count). The Morgan fingerprint density at radius 1 is 1.50 bits per heavy atom. The SMILES string of the molecule is Brc1ccc(OCC[C@H]2CCCNC2)nc1. The van der Waals surface area contributed by atoms with Gasteiger partial charge >= 0.3 is 0 Å². The zero-order valence-electron chi connectivity index (χ0n) is 9.29. The van der Waals surface area contributed by atoms with Crippen molar-refractivity contribution < 1.29 is 4.74 Å². The molecule has 88 valence electrons. The molecule has 0 amide bonds. The molecule has 1 saturated heterocycles. The fraction of sp³-hybridized carbons (Fsp3) is 0.583. The topological polar surface area (TPSA) is 34.1 Å². The van der Waals surface area contributed by atoms with Crippen LogP contribution in [0.15, 0.2) is 22.8 Å². The summed E-state index contributed by atoms with van der Waals surface area (Å²) in [6.45, 7) is 3.07. The Bertz CT molecular complexity index is 309. The van der Waals surface area contributed by atoms with E-state index in [-0.39, 0.29) is 0 Å². The van der Waals surface area contributed by atoms with E-state index in [2.05, 4.69) is 26.2 Å². The van der Waals surface area contributed by atoms with Crippen LogP contribution in [0, 0.1) is 5.92 Å². The van der Waals surface area contributed by atoms with Crippen LogP contribution in [0.5, 0.6) is 5.88 Å². The number of hydrogen-bond donors (Lipinski definition) is 1. The number of pyridine rings is 1. The van der Waals surface area contributed by atoms with E-state index in [0.29, 0.717) is 5.88 Å². The minimum atomic E-state index is 0.715. The van der Waals surface area contributed by atoms with E-state index in [1.165, 1.54) is 19.4 Å². The minimum absolute atomic E-state index is 0.715. The molecule has 1 atom stereocenters. The van der Waals surface area contributed by atoms with E-state index >= 15 is 0 Å². The summed E-state index contributed by atoms with van der Waals surface area (Å²) in [7, 11) is 0. The number of piperidine rings is 1. The third kappa shape index (κ3) is 3.76. The molecular weight excluding hydrogens is 268 g/mol. The van der Waals surface area contributed by atoms with Gasteiger partial charge in [-0.25, -0.2) is 4.98 Å². The lowest BCUT2D eigenvalue weighted by atomic mass is 9.97. The highest BCUT2D eigenvalue weighted by Crippen LogP contribution is 2.16. The minimum Gasteiger partial charge on any atom is -0.478 e. The molecule has 1 fully saturated rings. The first-order valence-electron chi connectivity index (χ1n) is 5.79. The Morgan fingerprint density at radius 3 is 3.12 bits per heavy atom. The van der Waals surface area contributed by atoms with Crippen LogP contribution < -0.4 is 10.1 Å². The van der Waals surface area contributed by atoms with Crippen LogP contribution in [-0.4, -0.2) is 24.7 Å². The Balaban J connectivity index is 1.69. The van der Waals surface area contributed by atoms with Gasteiger partial charge in [0.15, 0.2) is 0 Å². The lowest BCUT2D eigenvalue weighted by Crippen LogP contribution is -2.30. The normalized spacial score (nSPS) is 20.7. The third-order valence-corrected chi connectivity index (χ3v) is 3.34. The summed E-state index contributed by atoms with van der Waals surface area (Å²) in [6.07, 6.45) is 5.49. The van der Waals surface area contributed by atoms with Crippen molar-refractivity contribution in [3.63, 3.8) is 0 Å². The largest absolute Gasteiger partial charge is 0.478 e. The van der Waals surface area contributed by atoms with Crippen molar-refractivity contribution in [2.75, 3.05) is 19.7 Å². The molecule has 0 spiro atoms. The second-order valence-electron chi connectivity index (χ2n) is 4.16. The van der Waals surface area contributed by atoms with Crippen LogP contribution in [0.25, 0.3) is 0 Å². The van der Waals surface area contributed by atoms with Gasteiger partial charge in [0.1, 0.15) is 0 Å². The van der Waals surface area contributed by atoms with E-state index in [1.54, 1.807) is 6.20 Å². The maximum absolute atomic E-state index is 5.60. The summed E-state index contributed by atoms with van der Waals surface area (Å²) in [5.74, 6) is 1.48. The van der Waals surface area contributed by atoms with E-state index in [4.69, 9.17) is 4.74 Å². The van der Waals surface area contributed by atoms with Crippen molar-refractivity contribution in [1.29, 1.82) is 0 Å². The number of nitrogens with zero attached hydrogens (tertiary/aromatic N) is 1. The zero-order valence-corrected chi connectivity index (χ0v) is 10.9. The summed E-state index contributed by atoms with van der Waals surface area (Å²) in [5.41, 5.74) is 0.